The predicted octanol–water partition coefficient (Wildman–Crippen LogP) is 8.38. The lowest BCUT2D eigenvalue weighted by Crippen LogP contribution is -2.60. The number of aliphatic hydroxyl groups excluding tert-OH is 1. The summed E-state index contributed by atoms with van der Waals surface area (Å²) in [4.78, 5) is 40.2. The van der Waals surface area contributed by atoms with Crippen molar-refractivity contribution in [2.24, 2.45) is 5.41 Å². The Balaban J connectivity index is 0.836. The van der Waals surface area contributed by atoms with Gasteiger partial charge >= 0.3 is 0 Å². The molecule has 3 unspecified atom stereocenters. The molecule has 5 heterocycles. The van der Waals surface area contributed by atoms with Crippen molar-refractivity contribution in [3.63, 3.8) is 0 Å². The number of carbonyl (C=O) groups excluding carboxylic acids is 1. The first-order valence-electron chi connectivity index (χ1n) is 24.8. The largest absolute Gasteiger partial charge is 0.497 e. The molecule has 1 saturated carbocycles. The number of hydrogen-bond donors (Lipinski definition) is 4. The maximum atomic E-state index is 14.0. The molecule has 2 aromatic heterocycles. The number of anilines is 2. The highest BCUT2D eigenvalue weighted by Gasteiger charge is 2.50. The topological polar surface area (TPSA) is 205 Å². The standard InChI is InChI=1S/C54H62N8O9S/c1-35(2)45-6-4-5-7-46(45)50-33-59(32-36-8-11-41(69-3)12-9-36)22-23-61(50)39-28-54(29-39)17-20-60(21-18-54)38-10-14-47(51(25-38)71-43-24-37-16-19-55-52(37)57-31-43)53(64)58-72(67,68)44-13-15-48(49(27-44)62(65)66)56-30-42-26-40(63)34-70-42/h4-16,19,24-25,27,31,35,39-40,42,50,56,63H,17-18,20-23,26,28-30,32-34H2,1-3H3,(H,55,57)(H,58,64). The third-order valence-electron chi connectivity index (χ3n) is 15.1. The maximum Gasteiger partial charge on any atom is 0.293 e. The summed E-state index contributed by atoms with van der Waals surface area (Å²) in [5.74, 6) is 0.788. The number of hydrogen-bond acceptors (Lipinski definition) is 14. The van der Waals surface area contributed by atoms with E-state index in [0.717, 1.165) is 87.8 Å². The minimum absolute atomic E-state index is 0.0453. The zero-order valence-corrected chi connectivity index (χ0v) is 41.6. The second-order valence-corrected chi connectivity index (χ2v) is 21.8. The lowest BCUT2D eigenvalue weighted by molar-refractivity contribution is -0.384. The number of methoxy groups -OCH3 is 1. The molecule has 72 heavy (non-hydrogen) atoms. The molecule has 1 amide bonds. The van der Waals surface area contributed by atoms with Crippen molar-refractivity contribution in [2.75, 3.05) is 63.2 Å². The average molecular weight is 999 g/mol. The number of pyridine rings is 1. The van der Waals surface area contributed by atoms with Crippen molar-refractivity contribution >= 4 is 44.0 Å². The van der Waals surface area contributed by atoms with Crippen molar-refractivity contribution < 1.29 is 37.5 Å². The van der Waals surface area contributed by atoms with Gasteiger partial charge < -0.3 is 34.5 Å². The molecule has 1 spiro atoms. The predicted molar refractivity (Wildman–Crippen MR) is 274 cm³/mol. The Labute approximate surface area is 419 Å². The maximum absolute atomic E-state index is 14.0. The van der Waals surface area contributed by atoms with Gasteiger partial charge in [0.15, 0.2) is 0 Å². The van der Waals surface area contributed by atoms with Crippen LogP contribution in [0, 0.1) is 15.5 Å². The second-order valence-electron chi connectivity index (χ2n) is 20.1. The molecular weight excluding hydrogens is 937 g/mol. The van der Waals surface area contributed by atoms with Gasteiger partial charge in [-0.3, -0.25) is 24.7 Å². The molecule has 18 heteroatoms. The van der Waals surface area contributed by atoms with E-state index in [-0.39, 0.29) is 47.7 Å². The Morgan fingerprint density at radius 2 is 1.78 bits per heavy atom. The summed E-state index contributed by atoms with van der Waals surface area (Å²) in [5, 5.41) is 25.6. The number of piperidine rings is 1. The Bertz CT molecular complexity index is 3040. The fraction of sp³-hybridized carbons (Fsp3) is 0.407. The van der Waals surface area contributed by atoms with Gasteiger partial charge in [0, 0.05) is 93.7 Å². The summed E-state index contributed by atoms with van der Waals surface area (Å²) in [6.45, 7) is 10.4. The number of ether oxygens (including phenoxy) is 3. The highest BCUT2D eigenvalue weighted by atomic mass is 32.2. The van der Waals surface area contributed by atoms with Gasteiger partial charge in [0.1, 0.15) is 28.6 Å². The van der Waals surface area contributed by atoms with E-state index in [1.807, 2.05) is 24.3 Å². The number of nitrogens with one attached hydrogen (secondary N) is 3. The molecule has 4 aliphatic rings. The molecule has 10 rings (SSSR count). The molecule has 3 atom stereocenters. The van der Waals surface area contributed by atoms with Gasteiger partial charge in [-0.25, -0.2) is 18.1 Å². The van der Waals surface area contributed by atoms with E-state index in [2.05, 4.69) is 85.0 Å². The number of benzene rings is 4. The number of nitrogens with zero attached hydrogens (tertiary/aromatic N) is 5. The zero-order valence-electron chi connectivity index (χ0n) is 40.8. The number of fused-ring (bicyclic) bond motifs is 1. The normalized spacial score (nSPS) is 20.7. The lowest BCUT2D eigenvalue weighted by atomic mass is 9.59. The van der Waals surface area contributed by atoms with Crippen molar-refractivity contribution in [1.29, 1.82) is 0 Å². The molecule has 1 aliphatic carbocycles. The van der Waals surface area contributed by atoms with Crippen LogP contribution in [0.2, 0.25) is 0 Å². The number of aromatic nitrogens is 2. The van der Waals surface area contributed by atoms with Crippen LogP contribution in [-0.4, -0.2) is 115 Å². The first kappa shape index (κ1) is 49.0. The monoisotopic (exact) mass is 998 g/mol. The van der Waals surface area contributed by atoms with Crippen LogP contribution in [0.15, 0.2) is 114 Å². The second kappa shape index (κ2) is 20.5. The minimum Gasteiger partial charge on any atom is -0.497 e. The number of H-pyrrole nitrogens is 1. The van der Waals surface area contributed by atoms with Crippen molar-refractivity contribution in [2.45, 2.75) is 87.6 Å². The van der Waals surface area contributed by atoms with E-state index in [4.69, 9.17) is 14.2 Å². The summed E-state index contributed by atoms with van der Waals surface area (Å²) >= 11 is 0. The van der Waals surface area contributed by atoms with Crippen LogP contribution in [0.3, 0.4) is 0 Å². The highest BCUT2D eigenvalue weighted by Crippen LogP contribution is 2.53. The van der Waals surface area contributed by atoms with E-state index in [0.29, 0.717) is 29.8 Å². The Kier molecular flexibility index (Phi) is 14.0. The van der Waals surface area contributed by atoms with Gasteiger partial charge in [0.25, 0.3) is 21.6 Å². The van der Waals surface area contributed by atoms with E-state index >= 15 is 0 Å². The molecule has 4 N–H and O–H groups in total. The first-order chi connectivity index (χ1) is 34.7. The highest BCUT2D eigenvalue weighted by molar-refractivity contribution is 7.90. The minimum atomic E-state index is -4.61. The number of aromatic amines is 1. The van der Waals surface area contributed by atoms with Gasteiger partial charge in [0.2, 0.25) is 0 Å². The molecule has 6 aromatic rings. The summed E-state index contributed by atoms with van der Waals surface area (Å²) in [7, 11) is -2.91. The Morgan fingerprint density at radius 1 is 0.986 bits per heavy atom. The van der Waals surface area contributed by atoms with Crippen LogP contribution in [0.5, 0.6) is 17.2 Å². The molecule has 4 aromatic carbocycles. The van der Waals surface area contributed by atoms with Crippen LogP contribution in [0.4, 0.5) is 17.1 Å². The number of rotatable bonds is 16. The molecule has 3 saturated heterocycles. The van der Waals surface area contributed by atoms with Gasteiger partial charge in [-0.1, -0.05) is 50.2 Å². The van der Waals surface area contributed by atoms with Gasteiger partial charge in [0.05, 0.1) is 47.5 Å². The van der Waals surface area contributed by atoms with Crippen LogP contribution >= 0.6 is 0 Å². The number of sulfonamides is 1. The van der Waals surface area contributed by atoms with Gasteiger partial charge in [-0.15, -0.1) is 0 Å². The molecule has 17 nitrogen and oxygen atoms in total. The Hall–Kier alpha value is -6.57. The number of nitro groups is 1. The van der Waals surface area contributed by atoms with E-state index in [9.17, 15) is 28.4 Å². The van der Waals surface area contributed by atoms with E-state index in [1.165, 1.54) is 35.0 Å². The smallest absolute Gasteiger partial charge is 0.293 e. The number of amides is 1. The number of piperazine rings is 1. The summed E-state index contributed by atoms with van der Waals surface area (Å²) in [5.41, 5.74) is 5.37. The quantitative estimate of drug-likeness (QED) is 0.0531. The van der Waals surface area contributed by atoms with Crippen LogP contribution in [0.25, 0.3) is 11.0 Å². The van der Waals surface area contributed by atoms with Gasteiger partial charge in [-0.2, -0.15) is 0 Å². The van der Waals surface area contributed by atoms with Crippen molar-refractivity contribution in [1.82, 2.24) is 24.5 Å². The lowest BCUT2D eigenvalue weighted by Gasteiger charge is -2.58. The average Bonchev–Trinajstić information content (AvgIpc) is 4.03. The molecule has 3 aliphatic heterocycles. The third-order valence-corrected chi connectivity index (χ3v) is 16.5. The van der Waals surface area contributed by atoms with Crippen molar-refractivity contribution in [3.8, 4) is 17.2 Å². The molecule has 4 fully saturated rings. The molecule has 0 bridgehead atoms. The molecular formula is C54H62N8O9S. The fourth-order valence-electron chi connectivity index (χ4n) is 11.2. The van der Waals surface area contributed by atoms with Crippen LogP contribution < -0.4 is 24.4 Å². The summed E-state index contributed by atoms with van der Waals surface area (Å²) in [6.07, 6.45) is 6.97. The number of carbonyl (C=O) groups is 1. The zero-order chi connectivity index (χ0) is 50.1. The first-order valence-corrected chi connectivity index (χ1v) is 26.3. The van der Waals surface area contributed by atoms with Crippen molar-refractivity contribution in [3.05, 3.63) is 142 Å². The molecule has 0 radical (unpaired) electrons. The number of aliphatic hydroxyl groups is 1. The SMILES string of the molecule is COc1ccc(CN2CCN(C3CC4(CCN(c5ccc(C(=O)NS(=O)(=O)c6ccc(NCC7CC(O)CO7)c([N+](=O)[O-])c6)c(Oc6cnc7[nH]ccc7c6)c5)CC4)C3)C(c3ccccc3C(C)C)C2)cc1. The van der Waals surface area contributed by atoms with Crippen LogP contribution in [0.1, 0.15) is 85.0 Å². The van der Waals surface area contributed by atoms with Gasteiger partial charge in [-0.05, 0) is 102 Å². The molecule has 378 valence electrons. The summed E-state index contributed by atoms with van der Waals surface area (Å²) in [6, 6.07) is 30.3. The Morgan fingerprint density at radius 3 is 2.51 bits per heavy atom. The fourth-order valence-corrected chi connectivity index (χ4v) is 12.2. The number of nitro benzene ring substituents is 1. The third kappa shape index (κ3) is 10.5. The van der Waals surface area contributed by atoms with E-state index < -0.39 is 37.5 Å². The summed E-state index contributed by atoms with van der Waals surface area (Å²) < 4.78 is 46.9. The van der Waals surface area contributed by atoms with Crippen LogP contribution in [-0.2, 0) is 21.3 Å². The van der Waals surface area contributed by atoms with E-state index in [1.54, 1.807) is 31.5 Å².